The highest BCUT2D eigenvalue weighted by molar-refractivity contribution is 7.13. The van der Waals surface area contributed by atoms with Crippen LogP contribution in [0.2, 0.25) is 0 Å². The topological polar surface area (TPSA) is 69.0 Å². The predicted molar refractivity (Wildman–Crippen MR) is 78.3 cm³/mol. The molecule has 0 aliphatic carbocycles. The summed E-state index contributed by atoms with van der Waals surface area (Å²) in [5.74, 6) is -0.181. The van der Waals surface area contributed by atoms with E-state index in [2.05, 4.69) is 15.4 Å². The van der Waals surface area contributed by atoms with Crippen LogP contribution in [0.3, 0.4) is 0 Å². The van der Waals surface area contributed by atoms with Crippen molar-refractivity contribution in [1.82, 2.24) is 14.8 Å². The number of nitrogens with zero attached hydrogens (tertiary/aromatic N) is 3. The number of aryl methyl sites for hydroxylation is 2. The van der Waals surface area contributed by atoms with E-state index in [4.69, 9.17) is 4.74 Å². The molecule has 2 aromatic heterocycles. The van der Waals surface area contributed by atoms with Crippen molar-refractivity contribution in [2.24, 2.45) is 0 Å². The summed E-state index contributed by atoms with van der Waals surface area (Å²) in [6.07, 6.45) is 4.67. The van der Waals surface area contributed by atoms with E-state index in [9.17, 15) is 4.79 Å². The smallest absolute Gasteiger partial charge is 0.306 e. The fourth-order valence-corrected chi connectivity index (χ4v) is 2.43. The Hall–Kier alpha value is -1.89. The van der Waals surface area contributed by atoms with E-state index in [1.54, 1.807) is 13.1 Å². The zero-order valence-corrected chi connectivity index (χ0v) is 12.4. The number of rotatable bonds is 7. The Kier molecular flexibility index (Phi) is 5.11. The lowest BCUT2D eigenvalue weighted by atomic mass is 10.2. The number of hydrogen-bond donors (Lipinski definition) is 1. The third kappa shape index (κ3) is 4.06. The summed E-state index contributed by atoms with van der Waals surface area (Å²) in [4.78, 5) is 15.7. The maximum absolute atomic E-state index is 11.3. The Morgan fingerprint density at radius 1 is 1.50 bits per heavy atom. The molecule has 2 aromatic rings. The van der Waals surface area contributed by atoms with Crippen LogP contribution in [-0.4, -0.2) is 27.3 Å². The Labute approximate surface area is 121 Å². The van der Waals surface area contributed by atoms with Crippen LogP contribution in [0.15, 0.2) is 17.8 Å². The molecule has 2 rings (SSSR count). The highest BCUT2D eigenvalue weighted by Crippen LogP contribution is 2.21. The van der Waals surface area contributed by atoms with Crippen LogP contribution in [-0.2, 0) is 22.5 Å². The number of aromatic nitrogens is 3. The van der Waals surface area contributed by atoms with Gasteiger partial charge in [-0.05, 0) is 13.8 Å². The van der Waals surface area contributed by atoms with Crippen LogP contribution in [0.1, 0.15) is 26.0 Å². The third-order valence-electron chi connectivity index (χ3n) is 2.65. The lowest BCUT2D eigenvalue weighted by Crippen LogP contribution is -2.05. The first-order chi connectivity index (χ1) is 9.71. The Bertz CT molecular complexity index is 564. The molecule has 0 atom stereocenters. The van der Waals surface area contributed by atoms with E-state index < -0.39 is 0 Å². The van der Waals surface area contributed by atoms with Gasteiger partial charge < -0.3 is 10.1 Å². The number of nitrogens with one attached hydrogen (secondary N) is 1. The molecule has 0 amide bonds. The quantitative estimate of drug-likeness (QED) is 0.795. The molecule has 0 aliphatic heterocycles. The van der Waals surface area contributed by atoms with Gasteiger partial charge in [-0.1, -0.05) is 0 Å². The summed E-state index contributed by atoms with van der Waals surface area (Å²) < 4.78 is 6.74. The zero-order chi connectivity index (χ0) is 14.4. The van der Waals surface area contributed by atoms with Crippen LogP contribution >= 0.6 is 11.3 Å². The van der Waals surface area contributed by atoms with Gasteiger partial charge in [-0.25, -0.2) is 4.98 Å². The number of thiazole rings is 1. The molecule has 0 saturated carbocycles. The largest absolute Gasteiger partial charge is 0.466 e. The van der Waals surface area contributed by atoms with E-state index >= 15 is 0 Å². The molecule has 6 nitrogen and oxygen atoms in total. The SMILES string of the molecule is CCOC(=O)CCc1csc(Nc2cnn(CC)c2)n1. The maximum Gasteiger partial charge on any atom is 0.306 e. The Balaban J connectivity index is 1.87. The van der Waals surface area contributed by atoms with Gasteiger partial charge in [-0.2, -0.15) is 5.10 Å². The van der Waals surface area contributed by atoms with Crippen LogP contribution in [0, 0.1) is 0 Å². The van der Waals surface area contributed by atoms with Crippen molar-refractivity contribution in [2.75, 3.05) is 11.9 Å². The minimum absolute atomic E-state index is 0.181. The molecule has 0 saturated heterocycles. The fourth-order valence-electron chi connectivity index (χ4n) is 1.67. The minimum Gasteiger partial charge on any atom is -0.466 e. The lowest BCUT2D eigenvalue weighted by Gasteiger charge is -1.99. The molecule has 20 heavy (non-hydrogen) atoms. The Morgan fingerprint density at radius 3 is 3.05 bits per heavy atom. The fraction of sp³-hybridized carbons (Fsp3) is 0.462. The summed E-state index contributed by atoms with van der Waals surface area (Å²) in [5, 5.41) is 10.1. The van der Waals surface area contributed by atoms with Gasteiger partial charge in [0.05, 0.1) is 30.6 Å². The summed E-state index contributed by atoms with van der Waals surface area (Å²) in [5.41, 5.74) is 1.81. The van der Waals surface area contributed by atoms with E-state index in [0.29, 0.717) is 19.4 Å². The summed E-state index contributed by atoms with van der Waals surface area (Å²) in [6, 6.07) is 0. The molecular weight excluding hydrogens is 276 g/mol. The zero-order valence-electron chi connectivity index (χ0n) is 11.6. The average Bonchev–Trinajstić information content (AvgIpc) is 3.06. The number of esters is 1. The number of carbonyl (C=O) groups excluding carboxylic acids is 1. The second-order valence-electron chi connectivity index (χ2n) is 4.16. The highest BCUT2D eigenvalue weighted by Gasteiger charge is 2.07. The van der Waals surface area contributed by atoms with E-state index in [1.807, 2.05) is 23.2 Å². The van der Waals surface area contributed by atoms with Crippen molar-refractivity contribution < 1.29 is 9.53 Å². The molecule has 0 unspecified atom stereocenters. The molecule has 108 valence electrons. The van der Waals surface area contributed by atoms with Gasteiger partial charge in [0, 0.05) is 24.5 Å². The van der Waals surface area contributed by atoms with Gasteiger partial charge in [0.25, 0.3) is 0 Å². The Morgan fingerprint density at radius 2 is 2.35 bits per heavy atom. The number of hydrogen-bond acceptors (Lipinski definition) is 6. The van der Waals surface area contributed by atoms with Gasteiger partial charge in [0.1, 0.15) is 0 Å². The first kappa shape index (κ1) is 14.5. The predicted octanol–water partition coefficient (Wildman–Crippen LogP) is 2.60. The first-order valence-electron chi connectivity index (χ1n) is 6.60. The van der Waals surface area contributed by atoms with Gasteiger partial charge in [0.15, 0.2) is 5.13 Å². The van der Waals surface area contributed by atoms with E-state index in [-0.39, 0.29) is 5.97 Å². The first-order valence-corrected chi connectivity index (χ1v) is 7.48. The third-order valence-corrected chi connectivity index (χ3v) is 3.46. The van der Waals surface area contributed by atoms with Crippen molar-refractivity contribution in [1.29, 1.82) is 0 Å². The van der Waals surface area contributed by atoms with Gasteiger partial charge >= 0.3 is 5.97 Å². The van der Waals surface area contributed by atoms with Crippen molar-refractivity contribution >= 4 is 28.1 Å². The molecule has 1 N–H and O–H groups in total. The van der Waals surface area contributed by atoms with Crippen LogP contribution < -0.4 is 5.32 Å². The van der Waals surface area contributed by atoms with E-state index in [1.165, 1.54) is 11.3 Å². The normalized spacial score (nSPS) is 10.5. The van der Waals surface area contributed by atoms with Crippen molar-refractivity contribution in [3.8, 4) is 0 Å². The minimum atomic E-state index is -0.181. The molecule has 0 bridgehead atoms. The molecule has 0 fully saturated rings. The van der Waals surface area contributed by atoms with Crippen LogP contribution in [0.5, 0.6) is 0 Å². The van der Waals surface area contributed by atoms with Crippen LogP contribution in [0.4, 0.5) is 10.8 Å². The molecule has 2 heterocycles. The van der Waals surface area contributed by atoms with Gasteiger partial charge in [-0.3, -0.25) is 9.48 Å². The van der Waals surface area contributed by atoms with Crippen molar-refractivity contribution in [3.63, 3.8) is 0 Å². The molecule has 0 aliphatic rings. The van der Waals surface area contributed by atoms with E-state index in [0.717, 1.165) is 23.1 Å². The number of anilines is 2. The van der Waals surface area contributed by atoms with Gasteiger partial charge in [0.2, 0.25) is 0 Å². The standard InChI is InChI=1S/C13H18N4O2S/c1-3-17-8-11(7-14-17)16-13-15-10(9-20-13)5-6-12(18)19-4-2/h7-9H,3-6H2,1-2H3,(H,15,16). The summed E-state index contributed by atoms with van der Waals surface area (Å²) in [6.45, 7) is 5.10. The molecule has 0 spiro atoms. The van der Waals surface area contributed by atoms with Crippen LogP contribution in [0.25, 0.3) is 0 Å². The monoisotopic (exact) mass is 294 g/mol. The summed E-state index contributed by atoms with van der Waals surface area (Å²) >= 11 is 1.51. The van der Waals surface area contributed by atoms with Crippen molar-refractivity contribution in [2.45, 2.75) is 33.2 Å². The van der Waals surface area contributed by atoms with Gasteiger partial charge in [-0.15, -0.1) is 11.3 Å². The molecule has 0 aromatic carbocycles. The van der Waals surface area contributed by atoms with Crippen molar-refractivity contribution in [3.05, 3.63) is 23.5 Å². The summed E-state index contributed by atoms with van der Waals surface area (Å²) in [7, 11) is 0. The number of ether oxygens (including phenoxy) is 1. The highest BCUT2D eigenvalue weighted by atomic mass is 32.1. The molecule has 0 radical (unpaired) electrons. The number of carbonyl (C=O) groups is 1. The molecular formula is C13H18N4O2S. The second-order valence-corrected chi connectivity index (χ2v) is 5.02. The second kappa shape index (κ2) is 7.04. The average molecular weight is 294 g/mol. The lowest BCUT2D eigenvalue weighted by molar-refractivity contribution is -0.143. The molecule has 7 heteroatoms. The maximum atomic E-state index is 11.3.